The minimum Gasteiger partial charge on any atom is -0.486 e. The van der Waals surface area contributed by atoms with Crippen LogP contribution < -0.4 is 14.4 Å². The molecule has 4 rings (SSSR count). The van der Waals surface area contributed by atoms with Gasteiger partial charge in [-0.05, 0) is 35.9 Å². The maximum Gasteiger partial charge on any atom is 0.416 e. The highest BCUT2D eigenvalue weighted by atomic mass is 19.4. The van der Waals surface area contributed by atoms with Gasteiger partial charge in [0.1, 0.15) is 13.2 Å². The van der Waals surface area contributed by atoms with Crippen LogP contribution in [0.5, 0.6) is 11.5 Å². The average molecular weight is 378 g/mol. The van der Waals surface area contributed by atoms with Gasteiger partial charge in [-0.2, -0.15) is 13.2 Å². The molecular formula is C20H21F3N2O2. The molecule has 7 heteroatoms. The maximum atomic E-state index is 12.9. The van der Waals surface area contributed by atoms with Gasteiger partial charge in [0.15, 0.2) is 11.5 Å². The number of piperazine rings is 1. The summed E-state index contributed by atoms with van der Waals surface area (Å²) in [4.78, 5) is 4.31. The summed E-state index contributed by atoms with van der Waals surface area (Å²) in [6, 6.07) is 11.5. The molecular weight excluding hydrogens is 357 g/mol. The molecule has 0 bridgehead atoms. The molecule has 2 aliphatic heterocycles. The third kappa shape index (κ3) is 4.13. The van der Waals surface area contributed by atoms with Crippen molar-refractivity contribution in [2.75, 3.05) is 44.3 Å². The van der Waals surface area contributed by atoms with Crippen molar-refractivity contribution in [1.29, 1.82) is 0 Å². The molecule has 2 aromatic rings. The van der Waals surface area contributed by atoms with Gasteiger partial charge in [-0.15, -0.1) is 0 Å². The summed E-state index contributed by atoms with van der Waals surface area (Å²) in [6.07, 6.45) is -4.31. The Labute approximate surface area is 156 Å². The first-order valence-corrected chi connectivity index (χ1v) is 9.02. The van der Waals surface area contributed by atoms with Crippen molar-refractivity contribution in [3.63, 3.8) is 0 Å². The highest BCUT2D eigenvalue weighted by molar-refractivity contribution is 5.50. The second kappa shape index (κ2) is 7.31. The Morgan fingerprint density at radius 2 is 1.59 bits per heavy atom. The van der Waals surface area contributed by atoms with E-state index in [1.165, 1.54) is 12.1 Å². The zero-order valence-electron chi connectivity index (χ0n) is 14.8. The standard InChI is InChI=1S/C20H21F3N2O2/c21-20(22,23)16-2-1-3-17(13-16)25-8-6-24(7-9-25)14-15-4-5-18-19(12-15)27-11-10-26-18/h1-5,12-13H,6-11,14H2. The van der Waals surface area contributed by atoms with E-state index in [0.29, 0.717) is 32.0 Å². The van der Waals surface area contributed by atoms with Gasteiger partial charge in [-0.25, -0.2) is 0 Å². The van der Waals surface area contributed by atoms with Gasteiger partial charge in [0.25, 0.3) is 0 Å². The predicted molar refractivity (Wildman–Crippen MR) is 96.4 cm³/mol. The Kier molecular flexibility index (Phi) is 4.86. The zero-order chi connectivity index (χ0) is 18.9. The quantitative estimate of drug-likeness (QED) is 0.811. The topological polar surface area (TPSA) is 24.9 Å². The Balaban J connectivity index is 1.37. The molecule has 0 aromatic heterocycles. The zero-order valence-corrected chi connectivity index (χ0v) is 14.8. The van der Waals surface area contributed by atoms with E-state index < -0.39 is 11.7 Å². The third-order valence-corrected chi connectivity index (χ3v) is 4.92. The van der Waals surface area contributed by atoms with E-state index in [0.717, 1.165) is 42.8 Å². The molecule has 144 valence electrons. The number of anilines is 1. The van der Waals surface area contributed by atoms with Crippen molar-refractivity contribution in [2.24, 2.45) is 0 Å². The lowest BCUT2D eigenvalue weighted by Gasteiger charge is -2.36. The molecule has 2 heterocycles. The summed E-state index contributed by atoms with van der Waals surface area (Å²) >= 11 is 0. The van der Waals surface area contributed by atoms with Crippen molar-refractivity contribution in [3.8, 4) is 11.5 Å². The van der Waals surface area contributed by atoms with E-state index >= 15 is 0 Å². The van der Waals surface area contributed by atoms with Gasteiger partial charge in [0, 0.05) is 38.4 Å². The van der Waals surface area contributed by atoms with E-state index in [1.54, 1.807) is 6.07 Å². The van der Waals surface area contributed by atoms with Crippen molar-refractivity contribution in [2.45, 2.75) is 12.7 Å². The number of alkyl halides is 3. The van der Waals surface area contributed by atoms with Crippen LogP contribution in [0.1, 0.15) is 11.1 Å². The molecule has 2 aromatic carbocycles. The first-order chi connectivity index (χ1) is 13.0. The lowest BCUT2D eigenvalue weighted by Crippen LogP contribution is -2.46. The van der Waals surface area contributed by atoms with Gasteiger partial charge >= 0.3 is 6.18 Å². The molecule has 1 saturated heterocycles. The smallest absolute Gasteiger partial charge is 0.416 e. The van der Waals surface area contributed by atoms with Crippen LogP contribution in [0.25, 0.3) is 0 Å². The van der Waals surface area contributed by atoms with Crippen LogP contribution in [0, 0.1) is 0 Å². The van der Waals surface area contributed by atoms with Crippen molar-refractivity contribution in [3.05, 3.63) is 53.6 Å². The van der Waals surface area contributed by atoms with E-state index in [9.17, 15) is 13.2 Å². The molecule has 1 fully saturated rings. The molecule has 0 saturated carbocycles. The van der Waals surface area contributed by atoms with Crippen LogP contribution >= 0.6 is 0 Å². The van der Waals surface area contributed by atoms with Gasteiger partial charge in [-0.3, -0.25) is 4.90 Å². The SMILES string of the molecule is FC(F)(F)c1cccc(N2CCN(Cc3ccc4c(c3)OCCO4)CC2)c1. The number of rotatable bonds is 3. The lowest BCUT2D eigenvalue weighted by atomic mass is 10.1. The highest BCUT2D eigenvalue weighted by Crippen LogP contribution is 2.33. The second-order valence-electron chi connectivity index (χ2n) is 6.79. The first kappa shape index (κ1) is 18.0. The summed E-state index contributed by atoms with van der Waals surface area (Å²) in [6.45, 7) is 4.91. The fraction of sp³-hybridized carbons (Fsp3) is 0.400. The van der Waals surface area contributed by atoms with Crippen molar-refractivity contribution in [1.82, 2.24) is 4.90 Å². The van der Waals surface area contributed by atoms with Crippen molar-refractivity contribution >= 4 is 5.69 Å². The summed E-state index contributed by atoms with van der Waals surface area (Å²) in [5.41, 5.74) is 1.18. The molecule has 4 nitrogen and oxygen atoms in total. The first-order valence-electron chi connectivity index (χ1n) is 9.02. The Morgan fingerprint density at radius 1 is 0.852 bits per heavy atom. The number of fused-ring (bicyclic) bond motifs is 1. The fourth-order valence-corrected chi connectivity index (χ4v) is 3.49. The molecule has 0 aliphatic carbocycles. The van der Waals surface area contributed by atoms with E-state index in [-0.39, 0.29) is 0 Å². The van der Waals surface area contributed by atoms with Crippen LogP contribution in [0.2, 0.25) is 0 Å². The average Bonchev–Trinajstić information content (AvgIpc) is 2.68. The number of hydrogen-bond donors (Lipinski definition) is 0. The molecule has 0 radical (unpaired) electrons. The van der Waals surface area contributed by atoms with Gasteiger partial charge < -0.3 is 14.4 Å². The van der Waals surface area contributed by atoms with E-state index in [4.69, 9.17) is 9.47 Å². The van der Waals surface area contributed by atoms with Gasteiger partial charge in [0.05, 0.1) is 5.56 Å². The van der Waals surface area contributed by atoms with Crippen LogP contribution in [-0.4, -0.2) is 44.3 Å². The van der Waals surface area contributed by atoms with Crippen LogP contribution in [0.3, 0.4) is 0 Å². The highest BCUT2D eigenvalue weighted by Gasteiger charge is 2.31. The van der Waals surface area contributed by atoms with E-state index in [1.807, 2.05) is 23.1 Å². The lowest BCUT2D eigenvalue weighted by molar-refractivity contribution is -0.137. The minimum atomic E-state index is -4.31. The Bertz CT molecular complexity index is 802. The fourth-order valence-electron chi connectivity index (χ4n) is 3.49. The summed E-state index contributed by atoms with van der Waals surface area (Å²) < 4.78 is 49.9. The molecule has 2 aliphatic rings. The number of benzene rings is 2. The number of halogens is 3. The maximum absolute atomic E-state index is 12.9. The van der Waals surface area contributed by atoms with Crippen LogP contribution in [0.15, 0.2) is 42.5 Å². The number of nitrogens with zero attached hydrogens (tertiary/aromatic N) is 2. The van der Waals surface area contributed by atoms with Gasteiger partial charge in [-0.1, -0.05) is 12.1 Å². The Hall–Kier alpha value is -2.41. The summed E-state index contributed by atoms with van der Waals surface area (Å²) in [5.74, 6) is 1.56. The molecule has 0 spiro atoms. The monoisotopic (exact) mass is 378 g/mol. The summed E-state index contributed by atoms with van der Waals surface area (Å²) in [7, 11) is 0. The molecule has 0 atom stereocenters. The second-order valence-corrected chi connectivity index (χ2v) is 6.79. The third-order valence-electron chi connectivity index (χ3n) is 4.92. The predicted octanol–water partition coefficient (Wildman–Crippen LogP) is 3.80. The number of ether oxygens (including phenoxy) is 2. The Morgan fingerprint density at radius 3 is 2.33 bits per heavy atom. The molecule has 0 N–H and O–H groups in total. The summed E-state index contributed by atoms with van der Waals surface area (Å²) in [5, 5.41) is 0. The van der Waals surface area contributed by atoms with Crippen LogP contribution in [0.4, 0.5) is 18.9 Å². The van der Waals surface area contributed by atoms with Crippen LogP contribution in [-0.2, 0) is 12.7 Å². The molecule has 27 heavy (non-hydrogen) atoms. The molecule has 0 unspecified atom stereocenters. The molecule has 0 amide bonds. The van der Waals surface area contributed by atoms with Gasteiger partial charge in [0.2, 0.25) is 0 Å². The van der Waals surface area contributed by atoms with Crippen molar-refractivity contribution < 1.29 is 22.6 Å². The van der Waals surface area contributed by atoms with E-state index in [2.05, 4.69) is 4.90 Å². The number of hydrogen-bond acceptors (Lipinski definition) is 4. The minimum absolute atomic E-state index is 0.562. The normalized spacial score (nSPS) is 17.8. The largest absolute Gasteiger partial charge is 0.486 e.